The van der Waals surface area contributed by atoms with Crippen molar-refractivity contribution in [3.05, 3.63) is 58.6 Å². The van der Waals surface area contributed by atoms with Gasteiger partial charge < -0.3 is 10.1 Å². The molecule has 2 aromatic rings. The van der Waals surface area contributed by atoms with Crippen LogP contribution in [-0.4, -0.2) is 18.3 Å². The first-order valence-electron chi connectivity index (χ1n) is 7.25. The third-order valence-electron chi connectivity index (χ3n) is 3.27. The van der Waals surface area contributed by atoms with E-state index in [1.807, 2.05) is 31.2 Å². The molecule has 0 heterocycles. The van der Waals surface area contributed by atoms with Crippen LogP contribution in [0.5, 0.6) is 5.75 Å². The maximum atomic E-state index is 12.0. The van der Waals surface area contributed by atoms with Crippen LogP contribution in [0, 0.1) is 6.92 Å². The first-order valence-corrected chi connectivity index (χ1v) is 7.63. The number of hydrogen-bond acceptors (Lipinski definition) is 3. The van der Waals surface area contributed by atoms with Crippen molar-refractivity contribution in [2.75, 3.05) is 11.9 Å². The Hall–Kier alpha value is -2.33. The van der Waals surface area contributed by atoms with Gasteiger partial charge in [-0.2, -0.15) is 0 Å². The van der Waals surface area contributed by atoms with Gasteiger partial charge in [0.2, 0.25) is 5.91 Å². The Bertz CT molecular complexity index is 711. The number of benzene rings is 2. The highest BCUT2D eigenvalue weighted by atomic mass is 35.5. The van der Waals surface area contributed by atoms with Crippen molar-refractivity contribution in [1.82, 2.24) is 0 Å². The standard InChI is InChI=1S/C18H18ClNO3/c1-12-3-6-15(7-4-12)23-10-9-18(22)20-17-11-14(13(2)21)5-8-16(17)19/h3-8,11H,9-10H2,1-2H3,(H,20,22). The number of aryl methyl sites for hydroxylation is 1. The van der Waals surface area contributed by atoms with Gasteiger partial charge in [0.15, 0.2) is 5.78 Å². The average Bonchev–Trinajstić information content (AvgIpc) is 2.51. The number of ketones is 1. The third kappa shape index (κ3) is 5.11. The largest absolute Gasteiger partial charge is 0.493 e. The molecule has 0 spiro atoms. The number of halogens is 1. The molecular weight excluding hydrogens is 314 g/mol. The van der Waals surface area contributed by atoms with E-state index in [4.69, 9.17) is 16.3 Å². The number of carbonyl (C=O) groups excluding carboxylic acids is 2. The smallest absolute Gasteiger partial charge is 0.227 e. The minimum atomic E-state index is -0.222. The maximum absolute atomic E-state index is 12.0. The highest BCUT2D eigenvalue weighted by Gasteiger charge is 2.09. The Kier molecular flexibility index (Phi) is 5.77. The maximum Gasteiger partial charge on any atom is 0.227 e. The quantitative estimate of drug-likeness (QED) is 0.805. The van der Waals surface area contributed by atoms with Crippen LogP contribution in [0.15, 0.2) is 42.5 Å². The van der Waals surface area contributed by atoms with Gasteiger partial charge in [0.1, 0.15) is 5.75 Å². The molecule has 0 aliphatic rings. The zero-order valence-corrected chi connectivity index (χ0v) is 13.8. The SMILES string of the molecule is CC(=O)c1ccc(Cl)c(NC(=O)CCOc2ccc(C)cc2)c1. The Morgan fingerprint density at radius 3 is 2.48 bits per heavy atom. The molecule has 120 valence electrons. The van der Waals surface area contributed by atoms with Crippen LogP contribution < -0.4 is 10.1 Å². The van der Waals surface area contributed by atoms with Crippen LogP contribution in [0.2, 0.25) is 5.02 Å². The molecule has 1 N–H and O–H groups in total. The molecule has 0 fully saturated rings. The number of amides is 1. The fourth-order valence-corrected chi connectivity index (χ4v) is 2.11. The summed E-state index contributed by atoms with van der Waals surface area (Å²) >= 11 is 6.03. The van der Waals surface area contributed by atoms with E-state index in [0.717, 1.165) is 11.3 Å². The van der Waals surface area contributed by atoms with E-state index in [0.29, 0.717) is 16.3 Å². The molecule has 2 aromatic carbocycles. The third-order valence-corrected chi connectivity index (χ3v) is 3.60. The predicted molar refractivity (Wildman–Crippen MR) is 91.4 cm³/mol. The monoisotopic (exact) mass is 331 g/mol. The number of rotatable bonds is 6. The van der Waals surface area contributed by atoms with Crippen molar-refractivity contribution in [1.29, 1.82) is 0 Å². The zero-order valence-electron chi connectivity index (χ0n) is 13.1. The molecule has 0 aromatic heterocycles. The Balaban J connectivity index is 1.88. The molecule has 0 aliphatic heterocycles. The number of nitrogens with one attached hydrogen (secondary N) is 1. The van der Waals surface area contributed by atoms with E-state index in [-0.39, 0.29) is 24.7 Å². The van der Waals surface area contributed by atoms with E-state index in [2.05, 4.69) is 5.32 Å². The van der Waals surface area contributed by atoms with Crippen molar-refractivity contribution in [2.45, 2.75) is 20.3 Å². The van der Waals surface area contributed by atoms with Gasteiger partial charge in [0.25, 0.3) is 0 Å². The molecule has 0 unspecified atom stereocenters. The van der Waals surface area contributed by atoms with Crippen LogP contribution in [0.25, 0.3) is 0 Å². The molecule has 0 aliphatic carbocycles. The summed E-state index contributed by atoms with van der Waals surface area (Å²) in [6, 6.07) is 12.4. The van der Waals surface area contributed by atoms with Gasteiger partial charge in [0.05, 0.1) is 23.7 Å². The van der Waals surface area contributed by atoms with Crippen LogP contribution in [0.1, 0.15) is 29.3 Å². The van der Waals surface area contributed by atoms with E-state index in [1.54, 1.807) is 18.2 Å². The summed E-state index contributed by atoms with van der Waals surface area (Å²) in [7, 11) is 0. The second kappa shape index (κ2) is 7.79. The molecule has 23 heavy (non-hydrogen) atoms. The number of hydrogen-bond donors (Lipinski definition) is 1. The summed E-state index contributed by atoms with van der Waals surface area (Å²) in [6.07, 6.45) is 0.189. The summed E-state index contributed by atoms with van der Waals surface area (Å²) in [5, 5.41) is 3.09. The molecule has 4 nitrogen and oxygen atoms in total. The second-order valence-electron chi connectivity index (χ2n) is 5.21. The van der Waals surface area contributed by atoms with Crippen molar-refractivity contribution < 1.29 is 14.3 Å². The summed E-state index contributed by atoms with van der Waals surface area (Å²) < 4.78 is 5.51. The number of ether oxygens (including phenoxy) is 1. The number of Topliss-reactive ketones (excluding diaryl/α,β-unsaturated/α-hetero) is 1. The van der Waals surface area contributed by atoms with Crippen molar-refractivity contribution in [2.24, 2.45) is 0 Å². The lowest BCUT2D eigenvalue weighted by atomic mass is 10.1. The second-order valence-corrected chi connectivity index (χ2v) is 5.62. The Morgan fingerprint density at radius 2 is 1.83 bits per heavy atom. The lowest BCUT2D eigenvalue weighted by Crippen LogP contribution is -2.15. The topological polar surface area (TPSA) is 55.4 Å². The number of anilines is 1. The summed E-state index contributed by atoms with van der Waals surface area (Å²) in [5.74, 6) is 0.416. The molecule has 0 saturated heterocycles. The van der Waals surface area contributed by atoms with Gasteiger partial charge >= 0.3 is 0 Å². The van der Waals surface area contributed by atoms with Crippen LogP contribution in [0.3, 0.4) is 0 Å². The highest BCUT2D eigenvalue weighted by Crippen LogP contribution is 2.23. The minimum Gasteiger partial charge on any atom is -0.493 e. The summed E-state index contributed by atoms with van der Waals surface area (Å²) in [5.41, 5.74) is 2.08. The van der Waals surface area contributed by atoms with Gasteiger partial charge in [-0.25, -0.2) is 0 Å². The molecule has 5 heteroatoms. The lowest BCUT2D eigenvalue weighted by Gasteiger charge is -2.09. The summed E-state index contributed by atoms with van der Waals surface area (Å²) in [4.78, 5) is 23.3. The van der Waals surface area contributed by atoms with E-state index in [9.17, 15) is 9.59 Å². The molecule has 0 radical (unpaired) electrons. The Morgan fingerprint density at radius 1 is 1.13 bits per heavy atom. The molecular formula is C18H18ClNO3. The van der Waals surface area contributed by atoms with Gasteiger partial charge in [-0.15, -0.1) is 0 Å². The van der Waals surface area contributed by atoms with Crippen LogP contribution in [-0.2, 0) is 4.79 Å². The average molecular weight is 332 g/mol. The van der Waals surface area contributed by atoms with Gasteiger partial charge in [-0.05, 0) is 44.2 Å². The molecule has 0 atom stereocenters. The van der Waals surface area contributed by atoms with Crippen LogP contribution >= 0.6 is 11.6 Å². The first-order chi connectivity index (χ1) is 11.0. The van der Waals surface area contributed by atoms with Crippen molar-refractivity contribution >= 4 is 29.0 Å². The fraction of sp³-hybridized carbons (Fsp3) is 0.222. The molecule has 0 bridgehead atoms. The normalized spacial score (nSPS) is 10.2. The first kappa shape index (κ1) is 17.0. The van der Waals surface area contributed by atoms with Crippen molar-refractivity contribution in [3.63, 3.8) is 0 Å². The van der Waals surface area contributed by atoms with Crippen LogP contribution in [0.4, 0.5) is 5.69 Å². The Labute approximate surface area is 140 Å². The van der Waals surface area contributed by atoms with E-state index < -0.39 is 0 Å². The lowest BCUT2D eigenvalue weighted by molar-refractivity contribution is -0.116. The molecule has 0 saturated carbocycles. The van der Waals surface area contributed by atoms with Gasteiger partial charge in [-0.3, -0.25) is 9.59 Å². The molecule has 2 rings (SSSR count). The van der Waals surface area contributed by atoms with E-state index in [1.165, 1.54) is 6.92 Å². The summed E-state index contributed by atoms with van der Waals surface area (Å²) in [6.45, 7) is 3.72. The molecule has 1 amide bonds. The zero-order chi connectivity index (χ0) is 16.8. The number of carbonyl (C=O) groups is 2. The fourth-order valence-electron chi connectivity index (χ4n) is 1.95. The van der Waals surface area contributed by atoms with Gasteiger partial charge in [0, 0.05) is 5.56 Å². The van der Waals surface area contributed by atoms with E-state index >= 15 is 0 Å². The van der Waals surface area contributed by atoms with Gasteiger partial charge in [-0.1, -0.05) is 29.3 Å². The van der Waals surface area contributed by atoms with Crippen molar-refractivity contribution in [3.8, 4) is 5.75 Å². The highest BCUT2D eigenvalue weighted by molar-refractivity contribution is 6.33. The predicted octanol–water partition coefficient (Wildman–Crippen LogP) is 4.26. The minimum absolute atomic E-state index is 0.0835.